The summed E-state index contributed by atoms with van der Waals surface area (Å²) >= 11 is 0. The maximum atomic E-state index is 6.08. The van der Waals surface area contributed by atoms with Crippen molar-refractivity contribution in [3.8, 4) is 0 Å². The highest BCUT2D eigenvalue weighted by molar-refractivity contribution is 6.84. The van der Waals surface area contributed by atoms with Gasteiger partial charge in [0.25, 0.3) is 0 Å². The van der Waals surface area contributed by atoms with E-state index in [1.807, 2.05) is 21.5 Å². The largest absolute Gasteiger partial charge is 0.608 e. The van der Waals surface area contributed by atoms with Gasteiger partial charge in [0.1, 0.15) is 0 Å². The highest BCUT2D eigenvalue weighted by Gasteiger charge is 2.26. The maximum absolute atomic E-state index is 6.08. The second-order valence-electron chi connectivity index (χ2n) is 3.52. The first-order chi connectivity index (χ1) is 6.54. The van der Waals surface area contributed by atoms with Gasteiger partial charge in [0.15, 0.2) is 8.13 Å². The first-order valence-electron chi connectivity index (χ1n) is 4.62. The van der Waals surface area contributed by atoms with Crippen LogP contribution in [0.5, 0.6) is 0 Å². The van der Waals surface area contributed by atoms with Crippen LogP contribution in [0.3, 0.4) is 0 Å². The summed E-state index contributed by atoms with van der Waals surface area (Å²) in [6, 6.07) is 1.93. The van der Waals surface area contributed by atoms with Gasteiger partial charge < -0.3 is 15.6 Å². The lowest BCUT2D eigenvalue weighted by Crippen LogP contribution is -2.36. The summed E-state index contributed by atoms with van der Waals surface area (Å²) in [6.07, 6.45) is 7.18. The van der Waals surface area contributed by atoms with Crippen LogP contribution in [0.4, 0.5) is 0 Å². The smallest absolute Gasteiger partial charge is 0.236 e. The van der Waals surface area contributed by atoms with Crippen molar-refractivity contribution in [2.75, 3.05) is 0 Å². The standard InChI is InChI=1S/C8H20N2OSi3/c1-13(12)11-14(2,7-3-5-9)8-4-6-10/h3-6H,7-10,12H2,1-2H3. The van der Waals surface area contributed by atoms with Crippen molar-refractivity contribution in [2.24, 2.45) is 11.5 Å². The van der Waals surface area contributed by atoms with E-state index in [0.29, 0.717) is 0 Å². The molecule has 0 aromatic carbocycles. The van der Waals surface area contributed by atoms with E-state index in [4.69, 9.17) is 15.6 Å². The van der Waals surface area contributed by atoms with Gasteiger partial charge in [-0.15, -0.1) is 0 Å². The van der Waals surface area contributed by atoms with E-state index in [1.54, 1.807) is 12.4 Å². The van der Waals surface area contributed by atoms with Gasteiger partial charge in [-0.05, 0) is 37.6 Å². The van der Waals surface area contributed by atoms with Gasteiger partial charge in [-0.3, -0.25) is 0 Å². The van der Waals surface area contributed by atoms with E-state index in [9.17, 15) is 0 Å². The summed E-state index contributed by atoms with van der Waals surface area (Å²) in [4.78, 5) is 0. The van der Waals surface area contributed by atoms with Crippen LogP contribution in [0.25, 0.3) is 0 Å². The second-order valence-corrected chi connectivity index (χ2v) is 12.4. The normalized spacial score (nSPS) is 15.9. The van der Waals surface area contributed by atoms with Crippen molar-refractivity contribution in [2.45, 2.75) is 25.2 Å². The zero-order chi connectivity index (χ0) is 11.0. The fraction of sp³-hybridized carbons (Fsp3) is 0.500. The highest BCUT2D eigenvalue weighted by atomic mass is 28.9. The Bertz CT molecular complexity index is 227. The van der Waals surface area contributed by atoms with Gasteiger partial charge in [-0.2, -0.15) is 0 Å². The maximum Gasteiger partial charge on any atom is 0.236 e. The zero-order valence-electron chi connectivity index (χ0n) is 8.99. The first-order valence-corrected chi connectivity index (χ1v) is 11.7. The topological polar surface area (TPSA) is 61.3 Å². The lowest BCUT2D eigenvalue weighted by Gasteiger charge is -2.27. The summed E-state index contributed by atoms with van der Waals surface area (Å²) < 4.78 is 6.08. The summed E-state index contributed by atoms with van der Waals surface area (Å²) in [5, 5.41) is 0. The van der Waals surface area contributed by atoms with Gasteiger partial charge in [-0.25, -0.2) is 0 Å². The molecule has 0 aromatic rings. The minimum atomic E-state index is -1.64. The molecule has 0 radical (unpaired) electrons. The highest BCUT2D eigenvalue weighted by Crippen LogP contribution is 2.18. The number of nitrogens with two attached hydrogens (primary N) is 2. The lowest BCUT2D eigenvalue weighted by atomic mass is 10.7. The number of allylic oxidation sites excluding steroid dienone is 2. The van der Waals surface area contributed by atoms with Crippen molar-refractivity contribution in [1.29, 1.82) is 0 Å². The van der Waals surface area contributed by atoms with E-state index in [0.717, 1.165) is 12.1 Å². The third kappa shape index (κ3) is 6.06. The molecule has 0 spiro atoms. The number of hydrogen-bond acceptors (Lipinski definition) is 3. The van der Waals surface area contributed by atoms with E-state index >= 15 is 0 Å². The zero-order valence-corrected chi connectivity index (χ0v) is 12.4. The predicted molar refractivity (Wildman–Crippen MR) is 69.1 cm³/mol. The van der Waals surface area contributed by atoms with Crippen LogP contribution in [-0.4, -0.2) is 25.8 Å². The molecule has 3 nitrogen and oxygen atoms in total. The Balaban J connectivity index is 4.38. The third-order valence-corrected chi connectivity index (χ3v) is 8.65. The van der Waals surface area contributed by atoms with E-state index in [2.05, 4.69) is 13.1 Å². The molecule has 14 heavy (non-hydrogen) atoms. The van der Waals surface area contributed by atoms with E-state index in [1.165, 1.54) is 0 Å². The Labute approximate surface area is 91.4 Å². The molecule has 0 aliphatic rings. The van der Waals surface area contributed by atoms with Crippen LogP contribution in [-0.2, 0) is 4.12 Å². The molecular weight excluding hydrogens is 224 g/mol. The Morgan fingerprint density at radius 3 is 2.00 bits per heavy atom. The first kappa shape index (κ1) is 13.5. The Hall–Kier alpha value is -0.469. The molecule has 0 saturated carbocycles. The Morgan fingerprint density at radius 1 is 1.29 bits per heavy atom. The molecule has 0 unspecified atom stereocenters. The van der Waals surface area contributed by atoms with E-state index < -0.39 is 16.5 Å². The van der Waals surface area contributed by atoms with Gasteiger partial charge >= 0.3 is 0 Å². The number of hydrogen-bond donors (Lipinski definition) is 2. The molecule has 0 saturated heterocycles. The third-order valence-electron chi connectivity index (χ3n) is 1.79. The molecule has 4 N–H and O–H groups in total. The quantitative estimate of drug-likeness (QED) is 0.660. The molecular formula is C8H20N2OSi3. The SMILES string of the molecule is C[Si](=[SiH2])O[Si](C)(CC=CN)CC=CN. The van der Waals surface area contributed by atoms with Crippen LogP contribution >= 0.6 is 0 Å². The molecule has 0 rings (SSSR count). The molecule has 0 atom stereocenters. The monoisotopic (exact) mass is 244 g/mol. The fourth-order valence-corrected chi connectivity index (χ4v) is 9.83. The van der Waals surface area contributed by atoms with Crippen LogP contribution < -0.4 is 11.5 Å². The van der Waals surface area contributed by atoms with Crippen molar-refractivity contribution in [3.63, 3.8) is 0 Å². The van der Waals surface area contributed by atoms with Crippen molar-refractivity contribution in [1.82, 2.24) is 0 Å². The summed E-state index contributed by atoms with van der Waals surface area (Å²) in [5.41, 5.74) is 10.7. The van der Waals surface area contributed by atoms with E-state index in [-0.39, 0.29) is 0 Å². The molecule has 0 bridgehead atoms. The predicted octanol–water partition coefficient (Wildman–Crippen LogP) is 0.274. The average molecular weight is 245 g/mol. The molecule has 0 amide bonds. The molecule has 0 heterocycles. The Kier molecular flexibility index (Phi) is 6.68. The minimum Gasteiger partial charge on any atom is -0.608 e. The summed E-state index contributed by atoms with van der Waals surface area (Å²) in [6.45, 7) is 4.40. The van der Waals surface area contributed by atoms with Gasteiger partial charge in [0.2, 0.25) is 8.32 Å². The van der Waals surface area contributed by atoms with Crippen molar-refractivity contribution in [3.05, 3.63) is 24.6 Å². The lowest BCUT2D eigenvalue weighted by molar-refractivity contribution is 0.586. The molecule has 0 aromatic heterocycles. The van der Waals surface area contributed by atoms with Crippen molar-refractivity contribution < 1.29 is 4.12 Å². The second kappa shape index (κ2) is 6.91. The van der Waals surface area contributed by atoms with Gasteiger partial charge in [-0.1, -0.05) is 12.2 Å². The Morgan fingerprint density at radius 2 is 1.71 bits per heavy atom. The average Bonchev–Trinajstić information content (AvgIpc) is 2.11. The van der Waals surface area contributed by atoms with Crippen molar-refractivity contribution >= 4 is 25.8 Å². The molecule has 0 aliphatic carbocycles. The summed E-state index contributed by atoms with van der Waals surface area (Å²) in [5.74, 6) is 0. The molecule has 80 valence electrons. The number of rotatable bonds is 6. The van der Waals surface area contributed by atoms with Crippen LogP contribution in [0, 0.1) is 0 Å². The molecule has 0 fully saturated rings. The molecule has 6 heteroatoms. The summed E-state index contributed by atoms with van der Waals surface area (Å²) in [7, 11) is -0.284. The van der Waals surface area contributed by atoms with Crippen LogP contribution in [0.15, 0.2) is 24.6 Å². The van der Waals surface area contributed by atoms with Gasteiger partial charge in [0, 0.05) is 9.34 Å². The van der Waals surface area contributed by atoms with Crippen LogP contribution in [0.2, 0.25) is 25.2 Å². The van der Waals surface area contributed by atoms with Crippen LogP contribution in [0.1, 0.15) is 0 Å². The molecule has 0 aliphatic heterocycles. The fourth-order valence-electron chi connectivity index (χ4n) is 1.22. The minimum absolute atomic E-state index is 0.611. The van der Waals surface area contributed by atoms with Gasteiger partial charge in [0.05, 0.1) is 0 Å².